The molecule has 118 valence electrons. The molecule has 3 N–H and O–H groups in total. The van der Waals surface area contributed by atoms with Gasteiger partial charge in [0, 0.05) is 19.3 Å². The molecule has 2 aromatic rings. The Labute approximate surface area is 139 Å². The smallest absolute Gasteiger partial charge is 0.303 e. The number of nitrogens with zero attached hydrogens (tertiary/aromatic N) is 3. The van der Waals surface area contributed by atoms with Gasteiger partial charge in [-0.3, -0.25) is 9.20 Å². The molecule has 0 bridgehead atoms. The predicted octanol–water partition coefficient (Wildman–Crippen LogP) is 0.479. The molecule has 1 aliphatic heterocycles. The summed E-state index contributed by atoms with van der Waals surface area (Å²) < 4.78 is 12.9. The summed E-state index contributed by atoms with van der Waals surface area (Å²) in [6, 6.07) is 0. The van der Waals surface area contributed by atoms with Crippen LogP contribution in [0.3, 0.4) is 0 Å². The molecule has 0 aromatic carbocycles. The first-order valence-corrected chi connectivity index (χ1v) is 7.92. The summed E-state index contributed by atoms with van der Waals surface area (Å²) in [7, 11) is 0. The quantitative estimate of drug-likeness (QED) is 0.424. The molecule has 22 heavy (non-hydrogen) atoms. The number of carbonyl (C=O) groups is 1. The lowest BCUT2D eigenvalue weighted by molar-refractivity contribution is -0.149. The van der Waals surface area contributed by atoms with E-state index in [0.717, 1.165) is 0 Å². The van der Waals surface area contributed by atoms with Gasteiger partial charge in [-0.2, -0.15) is 0 Å². The summed E-state index contributed by atoms with van der Waals surface area (Å²) in [5.41, 5.74) is 7.02. The zero-order valence-electron chi connectivity index (χ0n) is 11.7. The molecule has 4 atom stereocenters. The number of rotatable bonds is 3. The van der Waals surface area contributed by atoms with Crippen LogP contribution in [0.25, 0.3) is 5.65 Å². The summed E-state index contributed by atoms with van der Waals surface area (Å²) in [6.45, 7) is 1.20. The largest absolute Gasteiger partial charge is 0.458 e. The Balaban J connectivity index is 2.03. The van der Waals surface area contributed by atoms with Crippen molar-refractivity contribution < 1.29 is 19.4 Å². The van der Waals surface area contributed by atoms with Crippen molar-refractivity contribution >= 4 is 40.0 Å². The van der Waals surface area contributed by atoms with Gasteiger partial charge in [0.15, 0.2) is 11.5 Å². The van der Waals surface area contributed by atoms with Crippen LogP contribution < -0.4 is 5.73 Å². The maximum atomic E-state index is 11.4. The van der Waals surface area contributed by atoms with Gasteiger partial charge in [0.1, 0.15) is 12.2 Å². The van der Waals surface area contributed by atoms with Gasteiger partial charge in [0.25, 0.3) is 0 Å². The first-order chi connectivity index (χ1) is 10.5. The Morgan fingerprint density at radius 1 is 1.59 bits per heavy atom. The molecule has 0 aliphatic carbocycles. The Kier molecular flexibility index (Phi) is 4.19. The van der Waals surface area contributed by atoms with Crippen LogP contribution in [0.1, 0.15) is 18.7 Å². The Morgan fingerprint density at radius 2 is 2.36 bits per heavy atom. The summed E-state index contributed by atoms with van der Waals surface area (Å²) in [5.74, 6) is -0.0885. The van der Waals surface area contributed by atoms with E-state index in [1.807, 2.05) is 0 Å². The molecule has 1 fully saturated rings. The van der Waals surface area contributed by atoms with Gasteiger partial charge in [0.2, 0.25) is 0 Å². The van der Waals surface area contributed by atoms with Gasteiger partial charge in [-0.1, -0.05) is 22.6 Å². The lowest BCUT2D eigenvalue weighted by Crippen LogP contribution is -2.31. The van der Waals surface area contributed by atoms with Crippen molar-refractivity contribution in [1.82, 2.24) is 14.4 Å². The van der Waals surface area contributed by atoms with E-state index in [1.165, 1.54) is 6.92 Å². The highest BCUT2D eigenvalue weighted by molar-refractivity contribution is 14.1. The number of aliphatic hydroxyl groups excluding tert-OH is 1. The lowest BCUT2D eigenvalue weighted by Gasteiger charge is -2.19. The first kappa shape index (κ1) is 15.4. The van der Waals surface area contributed by atoms with E-state index in [2.05, 4.69) is 32.6 Å². The van der Waals surface area contributed by atoms with E-state index in [0.29, 0.717) is 17.2 Å². The lowest BCUT2D eigenvalue weighted by atomic mass is 10.1. The molecule has 9 heteroatoms. The number of alkyl halides is 1. The van der Waals surface area contributed by atoms with Gasteiger partial charge in [-0.25, -0.2) is 9.97 Å². The highest BCUT2D eigenvalue weighted by atomic mass is 127. The minimum atomic E-state index is -0.528. The van der Waals surface area contributed by atoms with Crippen LogP contribution in [0.4, 0.5) is 5.82 Å². The molecular formula is C13H15IN4O4. The Bertz CT molecular complexity index is 706. The third-order valence-electron chi connectivity index (χ3n) is 3.55. The monoisotopic (exact) mass is 418 g/mol. The van der Waals surface area contributed by atoms with Crippen LogP contribution in [-0.4, -0.2) is 48.2 Å². The van der Waals surface area contributed by atoms with Crippen LogP contribution in [0.2, 0.25) is 0 Å². The number of aliphatic hydroxyl groups is 1. The number of hydrogen-bond acceptors (Lipinski definition) is 7. The van der Waals surface area contributed by atoms with Crippen molar-refractivity contribution in [3.05, 3.63) is 24.3 Å². The highest BCUT2D eigenvalue weighted by Crippen LogP contribution is 2.39. The van der Waals surface area contributed by atoms with Crippen molar-refractivity contribution in [2.75, 3.05) is 12.3 Å². The maximum Gasteiger partial charge on any atom is 0.303 e. The molecule has 3 heterocycles. The second-order valence-corrected chi connectivity index (χ2v) is 6.42. The molecule has 0 unspecified atom stereocenters. The van der Waals surface area contributed by atoms with E-state index < -0.39 is 24.3 Å². The molecular weight excluding hydrogens is 403 g/mol. The molecule has 0 amide bonds. The molecule has 0 saturated carbocycles. The molecule has 3 rings (SSSR count). The maximum absolute atomic E-state index is 11.4. The van der Waals surface area contributed by atoms with Crippen LogP contribution in [0.15, 0.2) is 18.6 Å². The molecule has 8 nitrogen and oxygen atoms in total. The van der Waals surface area contributed by atoms with Gasteiger partial charge in [0.05, 0.1) is 28.5 Å². The minimum absolute atomic E-state index is 0.150. The van der Waals surface area contributed by atoms with Gasteiger partial charge in [-0.05, 0) is 0 Å². The molecule has 0 radical (unpaired) electrons. The fourth-order valence-corrected chi connectivity index (χ4v) is 3.51. The number of esters is 1. The average Bonchev–Trinajstić information content (AvgIpc) is 3.02. The van der Waals surface area contributed by atoms with Gasteiger partial charge >= 0.3 is 5.97 Å². The number of anilines is 1. The van der Waals surface area contributed by atoms with Crippen LogP contribution >= 0.6 is 22.6 Å². The number of halogens is 1. The first-order valence-electron chi connectivity index (χ1n) is 6.68. The molecule has 1 aliphatic rings. The zero-order valence-corrected chi connectivity index (χ0v) is 13.9. The predicted molar refractivity (Wildman–Crippen MR) is 85.5 cm³/mol. The third kappa shape index (κ3) is 2.52. The van der Waals surface area contributed by atoms with E-state index in [-0.39, 0.29) is 10.5 Å². The van der Waals surface area contributed by atoms with E-state index in [1.54, 1.807) is 23.0 Å². The SMILES string of the molecule is CC(=O)O[C@@H]1[C@@H](I)[C@@H](CO)O[C@H]1c1cnc2c(N)nccn12. The normalized spacial score (nSPS) is 28.1. The standard InChI is InChI=1S/C13H15IN4O4/c1-6(20)21-11-9(14)8(5-19)22-10(11)7-4-17-13-12(15)16-2-3-18(7)13/h2-4,8-11,19H,5H2,1H3,(H2,15,16)/t8-,9+,10+,11-/m1/s1. The number of nitrogen functional groups attached to an aromatic ring is 1. The molecule has 1 saturated heterocycles. The zero-order chi connectivity index (χ0) is 15.9. The Hall–Kier alpha value is -1.46. The summed E-state index contributed by atoms with van der Waals surface area (Å²) >= 11 is 2.13. The fourth-order valence-electron chi connectivity index (χ4n) is 2.59. The van der Waals surface area contributed by atoms with E-state index in [9.17, 15) is 9.90 Å². The number of fused-ring (bicyclic) bond motifs is 1. The summed E-state index contributed by atoms with van der Waals surface area (Å²) in [5, 5.41) is 9.44. The summed E-state index contributed by atoms with van der Waals surface area (Å²) in [6.07, 6.45) is 3.45. The Morgan fingerprint density at radius 3 is 3.05 bits per heavy atom. The average molecular weight is 418 g/mol. The topological polar surface area (TPSA) is 112 Å². The van der Waals surface area contributed by atoms with Crippen molar-refractivity contribution in [3.8, 4) is 0 Å². The number of nitrogens with two attached hydrogens (primary N) is 1. The second-order valence-electron chi connectivity index (χ2n) is 4.99. The van der Waals surface area contributed by atoms with Crippen LogP contribution in [0, 0.1) is 0 Å². The van der Waals surface area contributed by atoms with Crippen molar-refractivity contribution in [3.63, 3.8) is 0 Å². The number of carbonyl (C=O) groups excluding carboxylic acids is 1. The number of imidazole rings is 1. The third-order valence-corrected chi connectivity index (χ3v) is 5.06. The van der Waals surface area contributed by atoms with Crippen molar-refractivity contribution in [2.45, 2.75) is 29.2 Å². The minimum Gasteiger partial charge on any atom is -0.458 e. The highest BCUT2D eigenvalue weighted by Gasteiger charge is 2.47. The van der Waals surface area contributed by atoms with Gasteiger partial charge in [-0.15, -0.1) is 0 Å². The molecule has 2 aromatic heterocycles. The summed E-state index contributed by atoms with van der Waals surface area (Å²) in [4.78, 5) is 19.6. The van der Waals surface area contributed by atoms with Crippen molar-refractivity contribution in [1.29, 1.82) is 0 Å². The van der Waals surface area contributed by atoms with Crippen LogP contribution in [0.5, 0.6) is 0 Å². The second kappa shape index (κ2) is 5.97. The van der Waals surface area contributed by atoms with Crippen molar-refractivity contribution in [2.24, 2.45) is 0 Å². The molecule has 0 spiro atoms. The van der Waals surface area contributed by atoms with Gasteiger partial charge < -0.3 is 20.3 Å². The van der Waals surface area contributed by atoms with E-state index in [4.69, 9.17) is 15.2 Å². The number of ether oxygens (including phenoxy) is 2. The number of aromatic nitrogens is 3. The fraction of sp³-hybridized carbons (Fsp3) is 0.462. The van der Waals surface area contributed by atoms with Crippen LogP contribution in [-0.2, 0) is 14.3 Å². The van der Waals surface area contributed by atoms with E-state index >= 15 is 0 Å². The number of hydrogen-bond donors (Lipinski definition) is 2.